The summed E-state index contributed by atoms with van der Waals surface area (Å²) in [7, 11) is 5.45. The molecule has 130 valence electrons. The minimum Gasteiger partial charge on any atom is -0.358 e. The molecule has 1 unspecified atom stereocenters. The Kier molecular flexibility index (Phi) is 4.73. The third-order valence-corrected chi connectivity index (χ3v) is 5.68. The largest absolute Gasteiger partial charge is 0.358 e. The highest BCUT2D eigenvalue weighted by Gasteiger charge is 2.25. The minimum atomic E-state index is -0.184. The highest BCUT2D eigenvalue weighted by molar-refractivity contribution is 7.18. The predicted molar refractivity (Wildman–Crippen MR) is 96.5 cm³/mol. The first-order chi connectivity index (χ1) is 11.4. The number of aryl methyl sites for hydroxylation is 1. The molecule has 0 aliphatic heterocycles. The maximum absolute atomic E-state index is 13.1. The van der Waals surface area contributed by atoms with Gasteiger partial charge in [0.25, 0.3) is 5.56 Å². The summed E-state index contributed by atoms with van der Waals surface area (Å²) in [5, 5.41) is 3.32. The van der Waals surface area contributed by atoms with Crippen LogP contribution < -0.4 is 10.9 Å². The van der Waals surface area contributed by atoms with E-state index in [0.717, 1.165) is 35.0 Å². The van der Waals surface area contributed by atoms with Crippen LogP contribution in [0.3, 0.4) is 0 Å². The number of carbonyl (C=O) groups excluding carboxylic acids is 1. The van der Waals surface area contributed by atoms with Crippen LogP contribution in [0.2, 0.25) is 0 Å². The zero-order valence-corrected chi connectivity index (χ0v) is 15.5. The van der Waals surface area contributed by atoms with E-state index >= 15 is 0 Å². The number of nitrogens with one attached hydrogen (secondary N) is 1. The Morgan fingerprint density at radius 1 is 1.46 bits per heavy atom. The number of thiophene rings is 1. The van der Waals surface area contributed by atoms with Crippen LogP contribution in [-0.2, 0) is 30.7 Å². The van der Waals surface area contributed by atoms with Gasteiger partial charge in [0.2, 0.25) is 5.91 Å². The molecule has 1 N–H and O–H groups in total. The van der Waals surface area contributed by atoms with Gasteiger partial charge in [-0.3, -0.25) is 14.2 Å². The molecule has 2 heterocycles. The number of fused-ring (bicyclic) bond motifs is 3. The van der Waals surface area contributed by atoms with E-state index in [9.17, 15) is 9.59 Å². The van der Waals surface area contributed by atoms with Crippen molar-refractivity contribution in [3.63, 3.8) is 0 Å². The molecular formula is C17H24N4O2S. The number of amides is 1. The van der Waals surface area contributed by atoms with Crippen LogP contribution in [0.1, 0.15) is 29.6 Å². The number of aromatic nitrogens is 2. The Labute approximate surface area is 145 Å². The van der Waals surface area contributed by atoms with E-state index in [1.54, 1.807) is 18.4 Å². The van der Waals surface area contributed by atoms with Crippen molar-refractivity contribution in [2.24, 2.45) is 5.92 Å². The fourth-order valence-corrected chi connectivity index (χ4v) is 4.65. The normalized spacial score (nSPS) is 17.3. The summed E-state index contributed by atoms with van der Waals surface area (Å²) in [5.74, 6) is 1.11. The molecule has 24 heavy (non-hydrogen) atoms. The van der Waals surface area contributed by atoms with Gasteiger partial charge >= 0.3 is 0 Å². The molecule has 0 radical (unpaired) electrons. The fraction of sp³-hybridized carbons (Fsp3) is 0.588. The highest BCUT2D eigenvalue weighted by Crippen LogP contribution is 2.35. The molecule has 0 saturated carbocycles. The van der Waals surface area contributed by atoms with E-state index in [4.69, 9.17) is 4.98 Å². The predicted octanol–water partition coefficient (Wildman–Crippen LogP) is 1.39. The molecule has 7 heteroatoms. The summed E-state index contributed by atoms with van der Waals surface area (Å²) in [4.78, 5) is 33.8. The van der Waals surface area contributed by atoms with Gasteiger partial charge in [-0.1, -0.05) is 6.92 Å². The van der Waals surface area contributed by atoms with Gasteiger partial charge < -0.3 is 10.2 Å². The van der Waals surface area contributed by atoms with Gasteiger partial charge in [-0.05, 0) is 44.8 Å². The SMILES string of the molecule is CNC(=O)Cn1c(CN(C)C)nc2sc3c(c2c1=O)CCC(C)C3. The van der Waals surface area contributed by atoms with E-state index in [2.05, 4.69) is 12.2 Å². The van der Waals surface area contributed by atoms with Gasteiger partial charge in [0.15, 0.2) is 0 Å². The molecule has 6 nitrogen and oxygen atoms in total. The summed E-state index contributed by atoms with van der Waals surface area (Å²) in [6, 6.07) is 0. The Hall–Kier alpha value is -1.73. The van der Waals surface area contributed by atoms with Gasteiger partial charge in [0.1, 0.15) is 17.2 Å². The van der Waals surface area contributed by atoms with Crippen LogP contribution in [0.15, 0.2) is 4.79 Å². The number of hydrogen-bond acceptors (Lipinski definition) is 5. The molecular weight excluding hydrogens is 324 g/mol. The zero-order valence-electron chi connectivity index (χ0n) is 14.7. The van der Waals surface area contributed by atoms with Crippen molar-refractivity contribution in [2.45, 2.75) is 39.3 Å². The molecule has 1 aliphatic carbocycles. The fourth-order valence-electron chi connectivity index (χ4n) is 3.25. The maximum atomic E-state index is 13.1. The van der Waals surface area contributed by atoms with Crippen molar-refractivity contribution in [3.8, 4) is 0 Å². The minimum absolute atomic E-state index is 0.0163. The van der Waals surface area contributed by atoms with Crippen molar-refractivity contribution in [3.05, 3.63) is 26.6 Å². The first kappa shape index (κ1) is 17.1. The molecule has 0 bridgehead atoms. The highest BCUT2D eigenvalue weighted by atomic mass is 32.1. The lowest BCUT2D eigenvalue weighted by Gasteiger charge is -2.18. The molecule has 0 fully saturated rings. The number of likely N-dealkylation sites (N-methyl/N-ethyl adjacent to an activating group) is 1. The van der Waals surface area contributed by atoms with Crippen molar-refractivity contribution in [1.82, 2.24) is 19.8 Å². The Balaban J connectivity index is 2.20. The summed E-state index contributed by atoms with van der Waals surface area (Å²) in [5.41, 5.74) is 1.08. The van der Waals surface area contributed by atoms with E-state index < -0.39 is 0 Å². The average molecular weight is 348 g/mol. The smallest absolute Gasteiger partial charge is 0.263 e. The Morgan fingerprint density at radius 2 is 2.21 bits per heavy atom. The van der Waals surface area contributed by atoms with E-state index in [-0.39, 0.29) is 18.0 Å². The molecule has 3 rings (SSSR count). The van der Waals surface area contributed by atoms with Gasteiger partial charge in [0.05, 0.1) is 11.9 Å². The van der Waals surface area contributed by atoms with Crippen molar-refractivity contribution in [1.29, 1.82) is 0 Å². The number of nitrogens with zero attached hydrogens (tertiary/aromatic N) is 3. The maximum Gasteiger partial charge on any atom is 0.263 e. The van der Waals surface area contributed by atoms with Crippen molar-refractivity contribution in [2.75, 3.05) is 21.1 Å². The first-order valence-corrected chi connectivity index (χ1v) is 9.11. The molecule has 0 spiro atoms. The monoisotopic (exact) mass is 348 g/mol. The third kappa shape index (κ3) is 3.10. The second-order valence-electron chi connectivity index (χ2n) is 6.86. The van der Waals surface area contributed by atoms with Gasteiger partial charge in [0, 0.05) is 11.9 Å². The summed E-state index contributed by atoms with van der Waals surface area (Å²) < 4.78 is 1.53. The summed E-state index contributed by atoms with van der Waals surface area (Å²) in [6.07, 6.45) is 3.06. The molecule has 1 atom stereocenters. The lowest BCUT2D eigenvalue weighted by molar-refractivity contribution is -0.121. The molecule has 0 saturated heterocycles. The van der Waals surface area contributed by atoms with E-state index in [1.807, 2.05) is 19.0 Å². The van der Waals surface area contributed by atoms with Crippen LogP contribution in [-0.4, -0.2) is 41.5 Å². The summed E-state index contributed by atoms with van der Waals surface area (Å²) >= 11 is 1.65. The van der Waals surface area contributed by atoms with Crippen LogP contribution >= 0.6 is 11.3 Å². The van der Waals surface area contributed by atoms with Crippen LogP contribution in [0.5, 0.6) is 0 Å². The molecule has 2 aromatic rings. The number of rotatable bonds is 4. The molecule has 0 aromatic carbocycles. The number of carbonyl (C=O) groups is 1. The Morgan fingerprint density at radius 3 is 2.88 bits per heavy atom. The van der Waals surface area contributed by atoms with Crippen LogP contribution in [0, 0.1) is 5.92 Å². The zero-order chi connectivity index (χ0) is 17.4. The molecule has 2 aromatic heterocycles. The van der Waals surface area contributed by atoms with Crippen LogP contribution in [0.4, 0.5) is 0 Å². The number of hydrogen-bond donors (Lipinski definition) is 1. The lowest BCUT2D eigenvalue weighted by Crippen LogP contribution is -2.34. The molecule has 1 aliphatic rings. The van der Waals surface area contributed by atoms with Crippen LogP contribution in [0.25, 0.3) is 10.2 Å². The first-order valence-electron chi connectivity index (χ1n) is 8.30. The van der Waals surface area contributed by atoms with E-state index in [1.165, 1.54) is 9.44 Å². The van der Waals surface area contributed by atoms with Gasteiger partial charge in [-0.15, -0.1) is 11.3 Å². The standard InChI is InChI=1S/C17H24N4O2S/c1-10-5-6-11-12(7-10)24-16-15(11)17(23)21(9-14(22)18-2)13(19-16)8-20(3)4/h10H,5-9H2,1-4H3,(H,18,22). The second-order valence-corrected chi connectivity index (χ2v) is 7.95. The summed E-state index contributed by atoms with van der Waals surface area (Å²) in [6.45, 7) is 2.80. The van der Waals surface area contributed by atoms with Gasteiger partial charge in [-0.25, -0.2) is 4.98 Å². The van der Waals surface area contributed by atoms with Crippen molar-refractivity contribution >= 4 is 27.5 Å². The molecule has 1 amide bonds. The third-order valence-electron chi connectivity index (χ3n) is 4.53. The van der Waals surface area contributed by atoms with E-state index in [0.29, 0.717) is 18.3 Å². The quantitative estimate of drug-likeness (QED) is 0.907. The second kappa shape index (κ2) is 6.64. The average Bonchev–Trinajstić information content (AvgIpc) is 2.87. The Bertz CT molecular complexity index is 837. The topological polar surface area (TPSA) is 67.2 Å². The van der Waals surface area contributed by atoms with Gasteiger partial charge in [-0.2, -0.15) is 0 Å². The lowest BCUT2D eigenvalue weighted by atomic mass is 9.89. The van der Waals surface area contributed by atoms with Crippen molar-refractivity contribution < 1.29 is 4.79 Å².